The molecule has 0 aromatic heterocycles. The summed E-state index contributed by atoms with van der Waals surface area (Å²) in [5, 5.41) is 2.70. The second-order valence-corrected chi connectivity index (χ2v) is 6.64. The van der Waals surface area contributed by atoms with E-state index in [1.165, 1.54) is 10.6 Å². The minimum atomic E-state index is -0.312. The smallest absolute Gasteiger partial charge is 0.0186 e. The van der Waals surface area contributed by atoms with Crippen LogP contribution in [0.5, 0.6) is 0 Å². The Morgan fingerprint density at radius 2 is 1.60 bits per heavy atom. The van der Waals surface area contributed by atoms with Crippen LogP contribution in [0.4, 0.5) is 0 Å². The molecule has 0 radical (unpaired) electrons. The van der Waals surface area contributed by atoms with Crippen LogP contribution in [0.15, 0.2) is 67.0 Å². The Bertz CT molecular complexity index is 380. The van der Waals surface area contributed by atoms with Gasteiger partial charge in [0.25, 0.3) is 0 Å². The van der Waals surface area contributed by atoms with Crippen LogP contribution in [0.1, 0.15) is 35.1 Å². The number of halogens is 1. The fourth-order valence-electron chi connectivity index (χ4n) is 1.70. The van der Waals surface area contributed by atoms with E-state index >= 15 is 0 Å². The maximum absolute atomic E-state index is 3.91. The number of hydrogen-bond acceptors (Lipinski definition) is 0. The molecule has 0 N–H and O–H groups in total. The highest BCUT2D eigenvalue weighted by molar-refractivity contribution is 7.70. The summed E-state index contributed by atoms with van der Waals surface area (Å²) < 4.78 is 0. The SMILES string of the molecule is C.C=C/C=C(\C=C)P(c1ccccc1)C(C)C.CC.Cl. The highest BCUT2D eigenvalue weighted by Gasteiger charge is 2.17. The summed E-state index contributed by atoms with van der Waals surface area (Å²) in [6.07, 6.45) is 5.88. The van der Waals surface area contributed by atoms with Crippen LogP contribution in [0.3, 0.4) is 0 Å². The standard InChI is InChI=1S/C15H19P.C2H6.CH4.ClH/c1-5-10-14(6-2)16(13(3)4)15-11-8-7-9-12-15;1-2;;/h5-13H,1-2H2,3-4H3;1-2H3;1H4;1H/b14-10+;;;. The Morgan fingerprint density at radius 1 is 1.10 bits per heavy atom. The molecule has 0 nitrogen and oxygen atoms in total. The van der Waals surface area contributed by atoms with E-state index in [0.29, 0.717) is 5.66 Å². The van der Waals surface area contributed by atoms with Crippen LogP contribution < -0.4 is 5.30 Å². The quantitative estimate of drug-likeness (QED) is 0.427. The molecule has 114 valence electrons. The fourth-order valence-corrected chi connectivity index (χ4v) is 4.15. The lowest BCUT2D eigenvalue weighted by Crippen LogP contribution is -2.08. The fraction of sp³-hybridized carbons (Fsp3) is 0.333. The van der Waals surface area contributed by atoms with Crippen LogP contribution in [-0.4, -0.2) is 5.66 Å². The molecule has 1 unspecified atom stereocenters. The second-order valence-electron chi connectivity index (χ2n) is 3.83. The van der Waals surface area contributed by atoms with Gasteiger partial charge in [-0.2, -0.15) is 0 Å². The third kappa shape index (κ3) is 7.68. The average Bonchev–Trinajstić information content (AvgIpc) is 2.41. The first-order valence-corrected chi connectivity index (χ1v) is 7.91. The predicted octanol–water partition coefficient (Wildman–Crippen LogP) is 6.54. The number of benzene rings is 1. The van der Waals surface area contributed by atoms with Gasteiger partial charge in [0.1, 0.15) is 0 Å². The van der Waals surface area contributed by atoms with Crippen LogP contribution in [0, 0.1) is 0 Å². The average molecular weight is 313 g/mol. The number of allylic oxidation sites excluding steroid dienone is 4. The molecule has 0 aliphatic rings. The van der Waals surface area contributed by atoms with E-state index in [1.807, 2.05) is 26.0 Å². The lowest BCUT2D eigenvalue weighted by Gasteiger charge is -2.23. The number of rotatable bonds is 5. The van der Waals surface area contributed by atoms with Crippen molar-refractivity contribution in [3.05, 3.63) is 67.0 Å². The maximum Gasteiger partial charge on any atom is -0.0186 e. The van der Waals surface area contributed by atoms with E-state index in [-0.39, 0.29) is 27.8 Å². The van der Waals surface area contributed by atoms with Crippen LogP contribution in [-0.2, 0) is 0 Å². The van der Waals surface area contributed by atoms with E-state index in [0.717, 1.165) is 0 Å². The predicted molar refractivity (Wildman–Crippen MR) is 102 cm³/mol. The molecule has 2 heteroatoms. The Hall–Kier alpha value is -0.840. The zero-order chi connectivity index (χ0) is 14.0. The Balaban J connectivity index is -0.000000689. The lowest BCUT2D eigenvalue weighted by molar-refractivity contribution is 1.10. The van der Waals surface area contributed by atoms with Crippen LogP contribution in [0.25, 0.3) is 0 Å². The summed E-state index contributed by atoms with van der Waals surface area (Å²) in [6.45, 7) is 16.2. The molecular formula is C18H30ClP. The minimum absolute atomic E-state index is 0. The molecule has 0 aliphatic heterocycles. The molecule has 1 atom stereocenters. The zero-order valence-corrected chi connectivity index (χ0v) is 14.2. The molecule has 0 saturated carbocycles. The lowest BCUT2D eigenvalue weighted by atomic mass is 10.4. The summed E-state index contributed by atoms with van der Waals surface area (Å²) in [5.41, 5.74) is 0.613. The van der Waals surface area contributed by atoms with E-state index in [1.54, 1.807) is 0 Å². The van der Waals surface area contributed by atoms with Gasteiger partial charge in [-0.25, -0.2) is 0 Å². The Morgan fingerprint density at radius 3 is 1.95 bits per heavy atom. The van der Waals surface area contributed by atoms with Crippen molar-refractivity contribution >= 4 is 25.6 Å². The zero-order valence-electron chi connectivity index (χ0n) is 12.5. The van der Waals surface area contributed by atoms with Crippen LogP contribution in [0.2, 0.25) is 0 Å². The summed E-state index contributed by atoms with van der Waals surface area (Å²) in [7, 11) is -0.312. The van der Waals surface area contributed by atoms with Crippen molar-refractivity contribution in [3.8, 4) is 0 Å². The Labute approximate surface area is 133 Å². The van der Waals surface area contributed by atoms with Crippen molar-refractivity contribution in [1.29, 1.82) is 0 Å². The third-order valence-corrected chi connectivity index (χ3v) is 5.10. The van der Waals surface area contributed by atoms with Crippen molar-refractivity contribution < 1.29 is 0 Å². The highest BCUT2D eigenvalue weighted by atomic mass is 35.5. The van der Waals surface area contributed by atoms with Crippen molar-refractivity contribution in [3.63, 3.8) is 0 Å². The summed E-state index contributed by atoms with van der Waals surface area (Å²) in [5.74, 6) is 0. The van der Waals surface area contributed by atoms with Crippen molar-refractivity contribution in [1.82, 2.24) is 0 Å². The van der Waals surface area contributed by atoms with Gasteiger partial charge in [-0.1, -0.05) is 96.8 Å². The van der Waals surface area contributed by atoms with Gasteiger partial charge in [-0.15, -0.1) is 12.4 Å². The molecule has 0 bridgehead atoms. The molecule has 0 saturated heterocycles. The van der Waals surface area contributed by atoms with E-state index in [9.17, 15) is 0 Å². The molecule has 0 aliphatic carbocycles. The highest BCUT2D eigenvalue weighted by Crippen LogP contribution is 2.48. The Kier molecular flexibility index (Phi) is 17.6. The van der Waals surface area contributed by atoms with Gasteiger partial charge in [0.05, 0.1) is 0 Å². The molecule has 0 heterocycles. The van der Waals surface area contributed by atoms with Gasteiger partial charge in [-0.05, 0) is 24.2 Å². The van der Waals surface area contributed by atoms with Gasteiger partial charge in [0, 0.05) is 0 Å². The van der Waals surface area contributed by atoms with Gasteiger partial charge < -0.3 is 0 Å². The molecule has 1 aromatic carbocycles. The summed E-state index contributed by atoms with van der Waals surface area (Å²) >= 11 is 0. The molecule has 1 rings (SSSR count). The first-order valence-electron chi connectivity index (χ1n) is 6.50. The molecule has 0 fully saturated rings. The summed E-state index contributed by atoms with van der Waals surface area (Å²) in [6, 6.07) is 10.7. The normalized spacial score (nSPS) is 11.2. The minimum Gasteiger partial charge on any atom is -0.147 e. The van der Waals surface area contributed by atoms with Crippen molar-refractivity contribution in [2.24, 2.45) is 0 Å². The van der Waals surface area contributed by atoms with Crippen molar-refractivity contribution in [2.75, 3.05) is 0 Å². The van der Waals surface area contributed by atoms with Gasteiger partial charge in [-0.3, -0.25) is 0 Å². The number of hydrogen-bond donors (Lipinski definition) is 0. The molecule has 20 heavy (non-hydrogen) atoms. The molecule has 0 amide bonds. The first-order chi connectivity index (χ1) is 8.70. The van der Waals surface area contributed by atoms with Gasteiger partial charge in [0.15, 0.2) is 0 Å². The third-order valence-electron chi connectivity index (χ3n) is 2.33. The van der Waals surface area contributed by atoms with Gasteiger partial charge in [0.2, 0.25) is 0 Å². The van der Waals surface area contributed by atoms with E-state index in [4.69, 9.17) is 0 Å². The summed E-state index contributed by atoms with van der Waals surface area (Å²) in [4.78, 5) is 0. The molecular weight excluding hydrogens is 283 g/mol. The van der Waals surface area contributed by atoms with Crippen molar-refractivity contribution in [2.45, 2.75) is 40.8 Å². The largest absolute Gasteiger partial charge is 0.147 e. The molecule has 0 spiro atoms. The molecule has 1 aromatic rings. The first kappa shape index (κ1) is 24.2. The second kappa shape index (κ2) is 14.6. The monoisotopic (exact) mass is 312 g/mol. The maximum atomic E-state index is 3.91. The topological polar surface area (TPSA) is 0 Å². The van der Waals surface area contributed by atoms with Crippen LogP contribution >= 0.6 is 20.3 Å². The van der Waals surface area contributed by atoms with E-state index in [2.05, 4.69) is 63.4 Å². The van der Waals surface area contributed by atoms with E-state index < -0.39 is 0 Å². The van der Waals surface area contributed by atoms with Gasteiger partial charge >= 0.3 is 0 Å².